The van der Waals surface area contributed by atoms with Crippen molar-refractivity contribution in [2.75, 3.05) is 37.4 Å². The lowest BCUT2D eigenvalue weighted by Gasteiger charge is -2.22. The molecule has 0 saturated carbocycles. The molecular formula is C19H23ClN2O5S. The fraction of sp³-hybridized carbons (Fsp3) is 0.316. The summed E-state index contributed by atoms with van der Waals surface area (Å²) < 4.78 is 35.8. The molecule has 2 rings (SSSR count). The highest BCUT2D eigenvalue weighted by Gasteiger charge is 2.21. The predicted octanol–water partition coefficient (Wildman–Crippen LogP) is 2.62. The summed E-state index contributed by atoms with van der Waals surface area (Å²) in [6.07, 6.45) is 1.04. The van der Waals surface area contributed by atoms with Gasteiger partial charge in [-0.2, -0.15) is 0 Å². The van der Waals surface area contributed by atoms with Gasteiger partial charge in [-0.15, -0.1) is 0 Å². The van der Waals surface area contributed by atoms with Crippen molar-refractivity contribution in [1.82, 2.24) is 5.32 Å². The summed E-state index contributed by atoms with van der Waals surface area (Å²) in [5, 5.41) is 3.08. The van der Waals surface area contributed by atoms with Gasteiger partial charge in [0.05, 0.1) is 25.6 Å². The van der Waals surface area contributed by atoms with Crippen LogP contribution in [0, 0.1) is 6.92 Å². The molecule has 0 aliphatic rings. The van der Waals surface area contributed by atoms with Crippen molar-refractivity contribution in [3.8, 4) is 11.5 Å². The third-order valence-corrected chi connectivity index (χ3v) is 5.43. The molecule has 2 aromatic rings. The third-order valence-electron chi connectivity index (χ3n) is 3.88. The molecule has 1 amide bonds. The Bertz CT molecular complexity index is 916. The number of rotatable bonds is 9. The first-order chi connectivity index (χ1) is 13.2. The van der Waals surface area contributed by atoms with Crippen LogP contribution in [0.4, 0.5) is 5.69 Å². The largest absolute Gasteiger partial charge is 0.497 e. The van der Waals surface area contributed by atoms with Gasteiger partial charge >= 0.3 is 0 Å². The maximum absolute atomic E-state index is 12.2. The minimum Gasteiger partial charge on any atom is -0.497 e. The first kappa shape index (κ1) is 21.8. The summed E-state index contributed by atoms with van der Waals surface area (Å²) in [7, 11) is -2.07. The highest BCUT2D eigenvalue weighted by Crippen LogP contribution is 2.24. The van der Waals surface area contributed by atoms with Crippen LogP contribution in [-0.2, 0) is 14.8 Å². The van der Waals surface area contributed by atoms with Crippen LogP contribution in [0.25, 0.3) is 0 Å². The van der Waals surface area contributed by atoms with Gasteiger partial charge in [-0.1, -0.05) is 17.7 Å². The Morgan fingerprint density at radius 3 is 2.36 bits per heavy atom. The van der Waals surface area contributed by atoms with E-state index in [-0.39, 0.29) is 19.7 Å². The van der Waals surface area contributed by atoms with E-state index in [4.69, 9.17) is 21.1 Å². The molecule has 0 atom stereocenters. The van der Waals surface area contributed by atoms with Crippen molar-refractivity contribution >= 4 is 33.2 Å². The van der Waals surface area contributed by atoms with Gasteiger partial charge in [-0.05, 0) is 48.9 Å². The Kier molecular flexibility index (Phi) is 7.53. The molecule has 0 unspecified atom stereocenters. The van der Waals surface area contributed by atoms with Crippen LogP contribution in [0.3, 0.4) is 0 Å². The van der Waals surface area contributed by atoms with Crippen LogP contribution in [0.1, 0.15) is 5.56 Å². The minimum atomic E-state index is -3.65. The van der Waals surface area contributed by atoms with E-state index in [0.29, 0.717) is 16.5 Å². The van der Waals surface area contributed by atoms with E-state index >= 15 is 0 Å². The first-order valence-electron chi connectivity index (χ1n) is 8.48. The average molecular weight is 427 g/mol. The zero-order valence-electron chi connectivity index (χ0n) is 15.9. The number of amides is 1. The van der Waals surface area contributed by atoms with Crippen LogP contribution >= 0.6 is 11.6 Å². The lowest BCUT2D eigenvalue weighted by atomic mass is 10.2. The Morgan fingerprint density at radius 2 is 1.79 bits per heavy atom. The topological polar surface area (TPSA) is 84.9 Å². The van der Waals surface area contributed by atoms with Crippen molar-refractivity contribution in [3.63, 3.8) is 0 Å². The van der Waals surface area contributed by atoms with Crippen LogP contribution in [0.15, 0.2) is 42.5 Å². The Morgan fingerprint density at radius 1 is 1.14 bits per heavy atom. The number of hydrogen-bond acceptors (Lipinski definition) is 5. The fourth-order valence-corrected chi connectivity index (χ4v) is 3.38. The van der Waals surface area contributed by atoms with E-state index in [1.807, 2.05) is 6.92 Å². The molecule has 152 valence electrons. The van der Waals surface area contributed by atoms with E-state index in [1.54, 1.807) is 43.5 Å². The number of carbonyl (C=O) groups is 1. The summed E-state index contributed by atoms with van der Waals surface area (Å²) in [6.45, 7) is 1.94. The van der Waals surface area contributed by atoms with E-state index in [0.717, 1.165) is 21.9 Å². The molecule has 2 aromatic carbocycles. The van der Waals surface area contributed by atoms with Gasteiger partial charge in [0, 0.05) is 5.02 Å². The maximum Gasteiger partial charge on any atom is 0.240 e. The van der Waals surface area contributed by atoms with Crippen molar-refractivity contribution in [3.05, 3.63) is 53.1 Å². The van der Waals surface area contributed by atoms with Crippen LogP contribution in [-0.4, -0.2) is 47.4 Å². The standard InChI is InChI=1S/C19H23ClN2O5S/c1-14-4-5-15(12-18(14)20)22(28(3,24)25)13-19(23)21-10-11-27-17-8-6-16(26-2)7-9-17/h4-9,12H,10-11,13H2,1-3H3,(H,21,23). The monoisotopic (exact) mass is 426 g/mol. The van der Waals surface area contributed by atoms with E-state index in [9.17, 15) is 13.2 Å². The third kappa shape index (κ3) is 6.31. The number of aryl methyl sites for hydroxylation is 1. The Balaban J connectivity index is 1.90. The molecule has 0 fully saturated rings. The van der Waals surface area contributed by atoms with E-state index < -0.39 is 15.9 Å². The maximum atomic E-state index is 12.2. The number of nitrogens with zero attached hydrogens (tertiary/aromatic N) is 1. The van der Waals surface area contributed by atoms with Crippen molar-refractivity contribution in [1.29, 1.82) is 0 Å². The number of methoxy groups -OCH3 is 1. The summed E-state index contributed by atoms with van der Waals surface area (Å²) >= 11 is 6.08. The lowest BCUT2D eigenvalue weighted by Crippen LogP contribution is -2.41. The number of carbonyl (C=O) groups excluding carboxylic acids is 1. The number of nitrogens with one attached hydrogen (secondary N) is 1. The van der Waals surface area contributed by atoms with E-state index in [1.165, 1.54) is 6.07 Å². The molecule has 0 aromatic heterocycles. The van der Waals surface area contributed by atoms with Crippen LogP contribution in [0.5, 0.6) is 11.5 Å². The quantitative estimate of drug-likeness (QED) is 0.623. The first-order valence-corrected chi connectivity index (χ1v) is 10.7. The Labute approximate surface area is 170 Å². The second-order valence-electron chi connectivity index (χ2n) is 6.08. The highest BCUT2D eigenvalue weighted by molar-refractivity contribution is 7.92. The van der Waals surface area contributed by atoms with Gasteiger partial charge < -0.3 is 14.8 Å². The minimum absolute atomic E-state index is 0.233. The molecule has 28 heavy (non-hydrogen) atoms. The smallest absolute Gasteiger partial charge is 0.240 e. The SMILES string of the molecule is COc1ccc(OCCNC(=O)CN(c2ccc(C)c(Cl)c2)S(C)(=O)=O)cc1. The van der Waals surface area contributed by atoms with Gasteiger partial charge in [-0.25, -0.2) is 8.42 Å². The predicted molar refractivity (Wildman–Crippen MR) is 110 cm³/mol. The molecule has 7 nitrogen and oxygen atoms in total. The molecule has 0 aliphatic heterocycles. The number of sulfonamides is 1. The second kappa shape index (κ2) is 9.66. The van der Waals surface area contributed by atoms with E-state index in [2.05, 4.69) is 5.32 Å². The summed E-state index contributed by atoms with van der Waals surface area (Å²) in [5.74, 6) is 0.917. The van der Waals surface area contributed by atoms with Gasteiger partial charge in [0.25, 0.3) is 0 Å². The lowest BCUT2D eigenvalue weighted by molar-refractivity contribution is -0.119. The fourth-order valence-electron chi connectivity index (χ4n) is 2.35. The summed E-state index contributed by atoms with van der Waals surface area (Å²) in [4.78, 5) is 12.2. The second-order valence-corrected chi connectivity index (χ2v) is 8.39. The van der Waals surface area contributed by atoms with Crippen molar-refractivity contribution in [2.45, 2.75) is 6.92 Å². The molecule has 0 spiro atoms. The number of hydrogen-bond donors (Lipinski definition) is 1. The summed E-state index contributed by atoms with van der Waals surface area (Å²) in [5.41, 5.74) is 1.15. The molecule has 0 saturated heterocycles. The molecule has 0 heterocycles. The molecule has 0 aliphatic carbocycles. The number of halogens is 1. The van der Waals surface area contributed by atoms with Crippen LogP contribution in [0.2, 0.25) is 5.02 Å². The number of benzene rings is 2. The van der Waals surface area contributed by atoms with Crippen molar-refractivity contribution in [2.24, 2.45) is 0 Å². The zero-order chi connectivity index (χ0) is 20.7. The van der Waals surface area contributed by atoms with Gasteiger partial charge in [0.1, 0.15) is 24.7 Å². The number of anilines is 1. The molecule has 0 radical (unpaired) electrons. The van der Waals surface area contributed by atoms with Crippen LogP contribution < -0.4 is 19.1 Å². The van der Waals surface area contributed by atoms with Gasteiger partial charge in [-0.3, -0.25) is 9.10 Å². The highest BCUT2D eigenvalue weighted by atomic mass is 35.5. The zero-order valence-corrected chi connectivity index (χ0v) is 17.5. The van der Waals surface area contributed by atoms with Crippen molar-refractivity contribution < 1.29 is 22.7 Å². The summed E-state index contributed by atoms with van der Waals surface area (Å²) in [6, 6.07) is 11.9. The average Bonchev–Trinajstić information content (AvgIpc) is 2.65. The van der Waals surface area contributed by atoms with Gasteiger partial charge in [0.2, 0.25) is 15.9 Å². The molecule has 0 bridgehead atoms. The Hall–Kier alpha value is -2.45. The molecule has 9 heteroatoms. The normalized spacial score (nSPS) is 11.0. The van der Waals surface area contributed by atoms with Gasteiger partial charge in [0.15, 0.2) is 0 Å². The number of ether oxygens (including phenoxy) is 2. The molecule has 1 N–H and O–H groups in total. The molecular weight excluding hydrogens is 404 g/mol.